The molecule has 0 spiro atoms. The van der Waals surface area contributed by atoms with Crippen molar-refractivity contribution in [2.24, 2.45) is 0 Å². The number of hydrogen-bond acceptors (Lipinski definition) is 6. The van der Waals surface area contributed by atoms with E-state index < -0.39 is 11.1 Å². The molecule has 190 valence electrons. The van der Waals surface area contributed by atoms with Crippen LogP contribution in [0.4, 0.5) is 4.79 Å². The van der Waals surface area contributed by atoms with Gasteiger partial charge in [-0.05, 0) is 64.7 Å². The summed E-state index contributed by atoms with van der Waals surface area (Å²) in [6.45, 7) is 1.47. The highest BCUT2D eigenvalue weighted by Crippen LogP contribution is 2.38. The van der Waals surface area contributed by atoms with E-state index in [4.69, 9.17) is 9.47 Å². The van der Waals surface area contributed by atoms with Gasteiger partial charge >= 0.3 is 0 Å². The van der Waals surface area contributed by atoms with Crippen molar-refractivity contribution in [3.05, 3.63) is 75.1 Å². The smallest absolute Gasteiger partial charge is 0.294 e. The van der Waals surface area contributed by atoms with Crippen LogP contribution in [0, 0.1) is 0 Å². The molecular weight excluding hydrogens is 556 g/mol. The van der Waals surface area contributed by atoms with E-state index >= 15 is 0 Å². The highest BCUT2D eigenvalue weighted by Gasteiger charge is 2.37. The normalized spacial score (nSPS) is 16.8. The Bertz CT molecular complexity index is 1410. The first-order valence-corrected chi connectivity index (χ1v) is 13.6. The number of ether oxygens (including phenoxy) is 2. The van der Waals surface area contributed by atoms with Crippen molar-refractivity contribution in [2.45, 2.75) is 19.4 Å². The zero-order valence-electron chi connectivity index (χ0n) is 20.2. The van der Waals surface area contributed by atoms with Gasteiger partial charge < -0.3 is 14.4 Å². The molecule has 7 nitrogen and oxygen atoms in total. The number of likely N-dealkylation sites (tertiary alicyclic amines) is 1. The molecular formula is C28H25BrN2O5S. The first kappa shape index (κ1) is 25.4. The maximum absolute atomic E-state index is 12.9. The predicted molar refractivity (Wildman–Crippen MR) is 147 cm³/mol. The van der Waals surface area contributed by atoms with Crippen LogP contribution in [0.2, 0.25) is 0 Å². The van der Waals surface area contributed by atoms with Crippen LogP contribution in [0.15, 0.2) is 64.0 Å². The summed E-state index contributed by atoms with van der Waals surface area (Å²) in [6, 6.07) is 17.8. The summed E-state index contributed by atoms with van der Waals surface area (Å²) in [5, 5.41) is 1.82. The van der Waals surface area contributed by atoms with Gasteiger partial charge in [-0.2, -0.15) is 0 Å². The zero-order valence-corrected chi connectivity index (χ0v) is 22.6. The molecule has 0 unspecified atom stereocenters. The Morgan fingerprint density at radius 2 is 1.81 bits per heavy atom. The van der Waals surface area contributed by atoms with Crippen LogP contribution in [-0.4, -0.2) is 53.6 Å². The van der Waals surface area contributed by atoms with Crippen molar-refractivity contribution in [3.63, 3.8) is 0 Å². The van der Waals surface area contributed by atoms with Gasteiger partial charge in [-0.1, -0.05) is 58.4 Å². The fraction of sp³-hybridized carbons (Fsp3) is 0.250. The zero-order chi connectivity index (χ0) is 25.9. The number of fused-ring (bicyclic) bond motifs is 1. The molecule has 37 heavy (non-hydrogen) atoms. The van der Waals surface area contributed by atoms with Crippen molar-refractivity contribution >= 4 is 61.6 Å². The van der Waals surface area contributed by atoms with E-state index in [1.807, 2.05) is 24.3 Å². The number of carbonyl (C=O) groups excluding carboxylic acids is 3. The van der Waals surface area contributed by atoms with Crippen LogP contribution in [0.1, 0.15) is 24.0 Å². The Balaban J connectivity index is 1.33. The maximum atomic E-state index is 12.9. The van der Waals surface area contributed by atoms with Gasteiger partial charge in [-0.25, -0.2) is 0 Å². The summed E-state index contributed by atoms with van der Waals surface area (Å²) in [7, 11) is 1.55. The van der Waals surface area contributed by atoms with E-state index in [0.717, 1.165) is 45.8 Å². The first-order chi connectivity index (χ1) is 17.9. The minimum absolute atomic E-state index is 0.198. The lowest BCUT2D eigenvalue weighted by Crippen LogP contribution is -2.40. The minimum Gasteiger partial charge on any atom is -0.493 e. The van der Waals surface area contributed by atoms with Crippen LogP contribution in [0.25, 0.3) is 16.8 Å². The number of nitrogens with zero attached hydrogens (tertiary/aromatic N) is 2. The second-order valence-corrected chi connectivity index (χ2v) is 10.7. The Morgan fingerprint density at radius 1 is 1.05 bits per heavy atom. The Kier molecular flexibility index (Phi) is 7.53. The molecule has 2 aliphatic heterocycles. The van der Waals surface area contributed by atoms with Crippen LogP contribution >= 0.6 is 27.7 Å². The van der Waals surface area contributed by atoms with Crippen molar-refractivity contribution in [2.75, 3.05) is 26.7 Å². The number of rotatable bonds is 7. The van der Waals surface area contributed by atoms with Gasteiger partial charge in [0, 0.05) is 17.6 Å². The van der Waals surface area contributed by atoms with Crippen LogP contribution in [0.3, 0.4) is 0 Å². The molecule has 0 N–H and O–H groups in total. The molecule has 0 saturated carbocycles. The lowest BCUT2D eigenvalue weighted by molar-refractivity contribution is -0.135. The van der Waals surface area contributed by atoms with Gasteiger partial charge in [0.2, 0.25) is 5.91 Å². The summed E-state index contributed by atoms with van der Waals surface area (Å²) >= 11 is 4.39. The molecule has 3 aromatic carbocycles. The summed E-state index contributed by atoms with van der Waals surface area (Å²) in [4.78, 5) is 40.9. The van der Waals surface area contributed by atoms with E-state index in [1.54, 1.807) is 30.2 Å². The monoisotopic (exact) mass is 580 g/mol. The summed E-state index contributed by atoms with van der Waals surface area (Å²) in [5.74, 6) is 0.378. The number of halogens is 1. The summed E-state index contributed by atoms with van der Waals surface area (Å²) in [6.07, 6.45) is 3.53. The van der Waals surface area contributed by atoms with E-state index in [0.29, 0.717) is 41.2 Å². The number of thioether (sulfide) groups is 1. The number of methoxy groups -OCH3 is 1. The number of carbonyl (C=O) groups is 3. The molecule has 3 amide bonds. The number of hydrogen-bond donors (Lipinski definition) is 0. The second-order valence-electron chi connectivity index (χ2n) is 8.81. The number of benzene rings is 3. The van der Waals surface area contributed by atoms with E-state index in [9.17, 15) is 14.4 Å². The molecule has 0 aromatic heterocycles. The van der Waals surface area contributed by atoms with Crippen molar-refractivity contribution in [3.8, 4) is 11.5 Å². The van der Waals surface area contributed by atoms with Gasteiger partial charge in [-0.3, -0.25) is 19.3 Å². The van der Waals surface area contributed by atoms with Crippen LogP contribution in [-0.2, 0) is 16.2 Å². The lowest BCUT2D eigenvalue weighted by Gasteiger charge is -2.18. The van der Waals surface area contributed by atoms with E-state index in [2.05, 4.69) is 34.1 Å². The minimum atomic E-state index is -0.468. The predicted octanol–water partition coefficient (Wildman–Crippen LogP) is 5.85. The molecule has 5 rings (SSSR count). The Morgan fingerprint density at radius 3 is 2.59 bits per heavy atom. The lowest BCUT2D eigenvalue weighted by atomic mass is 10.1. The fourth-order valence-corrected chi connectivity index (χ4v) is 5.75. The Hall–Kier alpha value is -3.30. The maximum Gasteiger partial charge on any atom is 0.294 e. The summed E-state index contributed by atoms with van der Waals surface area (Å²) in [5.41, 5.74) is 1.71. The quantitative estimate of drug-likeness (QED) is 0.326. The molecule has 2 heterocycles. The van der Waals surface area contributed by atoms with Gasteiger partial charge in [0.05, 0.1) is 12.0 Å². The van der Waals surface area contributed by atoms with Gasteiger partial charge in [-0.15, -0.1) is 0 Å². The van der Waals surface area contributed by atoms with Crippen LogP contribution < -0.4 is 9.47 Å². The van der Waals surface area contributed by atoms with Crippen molar-refractivity contribution < 1.29 is 23.9 Å². The van der Waals surface area contributed by atoms with E-state index in [1.165, 1.54) is 0 Å². The third-order valence-corrected chi connectivity index (χ3v) is 8.05. The molecule has 2 fully saturated rings. The van der Waals surface area contributed by atoms with Crippen LogP contribution in [0.5, 0.6) is 11.5 Å². The molecule has 0 bridgehead atoms. The molecule has 0 aliphatic carbocycles. The van der Waals surface area contributed by atoms with E-state index in [-0.39, 0.29) is 17.4 Å². The average Bonchev–Trinajstić information content (AvgIpc) is 3.53. The van der Waals surface area contributed by atoms with Crippen molar-refractivity contribution in [1.82, 2.24) is 9.80 Å². The van der Waals surface area contributed by atoms with Gasteiger partial charge in [0.1, 0.15) is 13.2 Å². The van der Waals surface area contributed by atoms with Crippen molar-refractivity contribution in [1.29, 1.82) is 0 Å². The summed E-state index contributed by atoms with van der Waals surface area (Å²) < 4.78 is 12.4. The number of imide groups is 1. The SMILES string of the molecule is COc1cc(/C=C2/SC(=O)N(CC(=O)N3CCCC3)C2=O)c(Br)cc1OCc1cccc2ccccc12. The second kappa shape index (κ2) is 11.0. The average molecular weight is 581 g/mol. The molecule has 3 aromatic rings. The topological polar surface area (TPSA) is 76.2 Å². The Labute approximate surface area is 227 Å². The molecule has 9 heteroatoms. The highest BCUT2D eigenvalue weighted by molar-refractivity contribution is 9.10. The third kappa shape index (κ3) is 5.38. The first-order valence-electron chi connectivity index (χ1n) is 11.9. The van der Waals surface area contributed by atoms with Gasteiger partial charge in [0.25, 0.3) is 11.1 Å². The number of amides is 3. The highest BCUT2D eigenvalue weighted by atomic mass is 79.9. The molecule has 2 aliphatic rings. The third-order valence-electron chi connectivity index (χ3n) is 6.46. The molecule has 2 saturated heterocycles. The molecule has 0 radical (unpaired) electrons. The van der Waals surface area contributed by atoms with Gasteiger partial charge in [0.15, 0.2) is 11.5 Å². The fourth-order valence-electron chi connectivity index (χ4n) is 4.49. The largest absolute Gasteiger partial charge is 0.493 e. The molecule has 0 atom stereocenters. The standard InChI is InChI=1S/C28H25BrN2O5S/c1-35-23-13-20(14-25-27(33)31(28(34)37-25)16-26(32)30-11-4-5-12-30)22(29)15-24(23)36-17-19-9-6-8-18-7-2-3-10-21(18)19/h2-3,6-10,13-15H,4-5,11-12,16-17H2,1H3/b25-14+.